The van der Waals surface area contributed by atoms with Gasteiger partial charge in [-0.25, -0.2) is 12.9 Å². The van der Waals surface area contributed by atoms with Crippen molar-refractivity contribution in [3.8, 4) is 11.3 Å². The molecular formula is C18H14ClN5O2S. The molecule has 0 saturated carbocycles. The average molecular weight is 400 g/mol. The van der Waals surface area contributed by atoms with Crippen LogP contribution in [0.5, 0.6) is 0 Å². The fourth-order valence-electron chi connectivity index (χ4n) is 2.67. The van der Waals surface area contributed by atoms with Crippen molar-refractivity contribution in [1.82, 2.24) is 19.6 Å². The number of hydrogen-bond acceptors (Lipinski definition) is 6. The van der Waals surface area contributed by atoms with E-state index in [4.69, 9.17) is 11.6 Å². The molecule has 4 rings (SSSR count). The van der Waals surface area contributed by atoms with Crippen LogP contribution in [0.25, 0.3) is 16.9 Å². The molecule has 0 fully saturated rings. The molecule has 0 amide bonds. The maximum atomic E-state index is 11.9. The first-order valence-corrected chi connectivity index (χ1v) is 10.2. The topological polar surface area (TPSA) is 89.2 Å². The maximum absolute atomic E-state index is 11.9. The standard InChI is InChI=1S/C18H14ClN5O2S/c1-27(25,26)15-5-2-4-12(8-15)16-6-3-7-17-22-18(23-24(16)17)21-14-9-13(19)10-20-11-14/h2-11H,1H3,(H,21,23). The lowest BCUT2D eigenvalue weighted by molar-refractivity contribution is 0.602. The second kappa shape index (κ2) is 6.64. The Kier molecular flexibility index (Phi) is 4.29. The highest BCUT2D eigenvalue weighted by Crippen LogP contribution is 2.24. The number of nitrogens with one attached hydrogen (secondary N) is 1. The van der Waals surface area contributed by atoms with Crippen molar-refractivity contribution in [3.05, 3.63) is 65.9 Å². The first kappa shape index (κ1) is 17.4. The summed E-state index contributed by atoms with van der Waals surface area (Å²) in [6.07, 6.45) is 4.34. The fourth-order valence-corrected chi connectivity index (χ4v) is 3.51. The molecular weight excluding hydrogens is 386 g/mol. The van der Waals surface area contributed by atoms with Crippen LogP contribution in [0.3, 0.4) is 0 Å². The van der Waals surface area contributed by atoms with Gasteiger partial charge < -0.3 is 5.32 Å². The molecule has 0 aliphatic rings. The number of pyridine rings is 2. The van der Waals surface area contributed by atoms with Crippen molar-refractivity contribution in [2.24, 2.45) is 0 Å². The van der Waals surface area contributed by atoms with Crippen molar-refractivity contribution >= 4 is 38.7 Å². The van der Waals surface area contributed by atoms with Gasteiger partial charge in [-0.3, -0.25) is 4.98 Å². The van der Waals surface area contributed by atoms with Crippen LogP contribution in [0.2, 0.25) is 5.02 Å². The quantitative estimate of drug-likeness (QED) is 0.564. The van der Waals surface area contributed by atoms with Crippen LogP contribution >= 0.6 is 11.6 Å². The van der Waals surface area contributed by atoms with Gasteiger partial charge in [0.2, 0.25) is 5.95 Å². The van der Waals surface area contributed by atoms with Crippen molar-refractivity contribution < 1.29 is 8.42 Å². The van der Waals surface area contributed by atoms with Gasteiger partial charge in [0, 0.05) is 18.0 Å². The van der Waals surface area contributed by atoms with E-state index in [1.54, 1.807) is 35.0 Å². The molecule has 7 nitrogen and oxygen atoms in total. The third kappa shape index (κ3) is 3.62. The van der Waals surface area contributed by atoms with Gasteiger partial charge in [-0.2, -0.15) is 4.98 Å². The van der Waals surface area contributed by atoms with Crippen LogP contribution in [0.4, 0.5) is 11.6 Å². The van der Waals surface area contributed by atoms with Crippen LogP contribution < -0.4 is 5.32 Å². The predicted octanol–water partition coefficient (Wildman–Crippen LogP) is 3.59. The molecule has 136 valence electrons. The van der Waals surface area contributed by atoms with Gasteiger partial charge in [-0.05, 0) is 30.3 Å². The number of benzene rings is 1. The Balaban J connectivity index is 1.78. The Hall–Kier alpha value is -2.97. The van der Waals surface area contributed by atoms with Crippen LogP contribution in [0.15, 0.2) is 65.8 Å². The fraction of sp³-hybridized carbons (Fsp3) is 0.0556. The Bertz CT molecular complexity index is 1250. The number of anilines is 2. The van der Waals surface area contributed by atoms with Crippen molar-refractivity contribution in [1.29, 1.82) is 0 Å². The summed E-state index contributed by atoms with van der Waals surface area (Å²) >= 11 is 5.95. The molecule has 0 aliphatic heterocycles. The minimum atomic E-state index is -3.30. The molecule has 0 atom stereocenters. The van der Waals surface area contributed by atoms with Gasteiger partial charge in [0.25, 0.3) is 0 Å². The summed E-state index contributed by atoms with van der Waals surface area (Å²) in [6.45, 7) is 0. The van der Waals surface area contributed by atoms with Crippen molar-refractivity contribution in [2.45, 2.75) is 4.90 Å². The van der Waals surface area contributed by atoms with Gasteiger partial charge in [0.15, 0.2) is 15.5 Å². The summed E-state index contributed by atoms with van der Waals surface area (Å²) in [5, 5.41) is 8.04. The van der Waals surface area contributed by atoms with E-state index < -0.39 is 9.84 Å². The SMILES string of the molecule is CS(=O)(=O)c1cccc(-c2cccc3nc(Nc4cncc(Cl)c4)nn23)c1. The van der Waals surface area contributed by atoms with E-state index in [0.29, 0.717) is 22.3 Å². The molecule has 9 heteroatoms. The van der Waals surface area contributed by atoms with Crippen molar-refractivity contribution in [2.75, 3.05) is 11.6 Å². The van der Waals surface area contributed by atoms with Crippen LogP contribution in [-0.4, -0.2) is 34.3 Å². The molecule has 3 aromatic heterocycles. The number of halogens is 1. The van der Waals surface area contributed by atoms with Gasteiger partial charge in [0.1, 0.15) is 0 Å². The lowest BCUT2D eigenvalue weighted by Gasteiger charge is -2.06. The highest BCUT2D eigenvalue weighted by atomic mass is 35.5. The minimum absolute atomic E-state index is 0.250. The Morgan fingerprint density at radius 2 is 1.89 bits per heavy atom. The second-order valence-electron chi connectivity index (χ2n) is 5.93. The summed E-state index contributed by atoms with van der Waals surface area (Å²) in [4.78, 5) is 8.72. The summed E-state index contributed by atoms with van der Waals surface area (Å²) < 4.78 is 25.4. The zero-order chi connectivity index (χ0) is 19.0. The molecule has 4 aromatic rings. The number of rotatable bonds is 4. The second-order valence-corrected chi connectivity index (χ2v) is 8.39. The van der Waals surface area contributed by atoms with E-state index in [0.717, 1.165) is 11.3 Å². The van der Waals surface area contributed by atoms with E-state index in [-0.39, 0.29) is 4.90 Å². The highest BCUT2D eigenvalue weighted by molar-refractivity contribution is 7.90. The van der Waals surface area contributed by atoms with Gasteiger partial charge >= 0.3 is 0 Å². The van der Waals surface area contributed by atoms with Crippen molar-refractivity contribution in [3.63, 3.8) is 0 Å². The molecule has 1 N–H and O–H groups in total. The lowest BCUT2D eigenvalue weighted by atomic mass is 10.1. The molecule has 1 aromatic carbocycles. The third-order valence-electron chi connectivity index (χ3n) is 3.88. The molecule has 0 saturated heterocycles. The molecule has 0 radical (unpaired) electrons. The van der Waals surface area contributed by atoms with E-state index in [1.165, 1.54) is 12.5 Å². The number of hydrogen-bond donors (Lipinski definition) is 1. The van der Waals surface area contributed by atoms with Crippen LogP contribution in [-0.2, 0) is 9.84 Å². The maximum Gasteiger partial charge on any atom is 0.247 e. The first-order valence-electron chi connectivity index (χ1n) is 7.94. The molecule has 0 unspecified atom stereocenters. The smallest absolute Gasteiger partial charge is 0.247 e. The first-order chi connectivity index (χ1) is 12.9. The van der Waals surface area contributed by atoms with E-state index in [9.17, 15) is 8.42 Å². The third-order valence-corrected chi connectivity index (χ3v) is 5.20. The van der Waals surface area contributed by atoms with Gasteiger partial charge in [-0.15, -0.1) is 5.10 Å². The van der Waals surface area contributed by atoms with Gasteiger partial charge in [0.05, 0.1) is 27.5 Å². The Morgan fingerprint density at radius 1 is 1.07 bits per heavy atom. The normalized spacial score (nSPS) is 11.6. The molecule has 27 heavy (non-hydrogen) atoms. The summed E-state index contributed by atoms with van der Waals surface area (Å²) in [6, 6.07) is 14.0. The monoisotopic (exact) mass is 399 g/mol. The Labute approximate surface area is 160 Å². The van der Waals surface area contributed by atoms with E-state index >= 15 is 0 Å². The van der Waals surface area contributed by atoms with Gasteiger partial charge in [-0.1, -0.05) is 29.8 Å². The predicted molar refractivity (Wildman–Crippen MR) is 104 cm³/mol. The molecule has 3 heterocycles. The van der Waals surface area contributed by atoms with Crippen LogP contribution in [0, 0.1) is 0 Å². The summed E-state index contributed by atoms with van der Waals surface area (Å²) in [7, 11) is -3.30. The number of nitrogens with zero attached hydrogens (tertiary/aromatic N) is 4. The minimum Gasteiger partial charge on any atom is -0.321 e. The zero-order valence-corrected chi connectivity index (χ0v) is 15.7. The Morgan fingerprint density at radius 3 is 2.67 bits per heavy atom. The molecule has 0 bridgehead atoms. The van der Waals surface area contributed by atoms with E-state index in [1.807, 2.05) is 24.3 Å². The summed E-state index contributed by atoms with van der Waals surface area (Å²) in [5.74, 6) is 0.380. The number of sulfone groups is 1. The summed E-state index contributed by atoms with van der Waals surface area (Å²) in [5.41, 5.74) is 2.74. The molecule has 0 spiro atoms. The molecule has 0 aliphatic carbocycles. The average Bonchev–Trinajstić information content (AvgIpc) is 3.03. The zero-order valence-electron chi connectivity index (χ0n) is 14.2. The highest BCUT2D eigenvalue weighted by Gasteiger charge is 2.12. The van der Waals surface area contributed by atoms with E-state index in [2.05, 4.69) is 20.4 Å². The lowest BCUT2D eigenvalue weighted by Crippen LogP contribution is -1.99. The van der Waals surface area contributed by atoms with Crippen LogP contribution in [0.1, 0.15) is 0 Å². The largest absolute Gasteiger partial charge is 0.321 e. The number of fused-ring (bicyclic) bond motifs is 1. The number of aromatic nitrogens is 4.